The fraction of sp³-hybridized carbons (Fsp3) is 0.333. The van der Waals surface area contributed by atoms with Crippen LogP contribution in [0.5, 0.6) is 5.75 Å². The van der Waals surface area contributed by atoms with Gasteiger partial charge in [0.1, 0.15) is 5.75 Å². The lowest BCUT2D eigenvalue weighted by Gasteiger charge is -2.36. The minimum Gasteiger partial charge on any atom is -0.496 e. The number of hydrogen-bond acceptors (Lipinski definition) is 2. The van der Waals surface area contributed by atoms with Crippen molar-refractivity contribution in [3.05, 3.63) is 64.2 Å². The largest absolute Gasteiger partial charge is 0.496 e. The first-order valence-electron chi connectivity index (χ1n) is 7.10. The van der Waals surface area contributed by atoms with Gasteiger partial charge in [-0.05, 0) is 48.6 Å². The topological polar surface area (TPSA) is 35.2 Å². The van der Waals surface area contributed by atoms with Crippen molar-refractivity contribution in [1.29, 1.82) is 0 Å². The molecule has 2 atom stereocenters. The van der Waals surface area contributed by atoms with Crippen LogP contribution in [-0.2, 0) is 6.42 Å². The summed E-state index contributed by atoms with van der Waals surface area (Å²) in [5.41, 5.74) is 13.0. The summed E-state index contributed by atoms with van der Waals surface area (Å²) in [4.78, 5) is 0. The summed E-state index contributed by atoms with van der Waals surface area (Å²) >= 11 is 0. The molecule has 0 radical (unpaired) electrons. The van der Waals surface area contributed by atoms with Crippen LogP contribution < -0.4 is 10.5 Å². The van der Waals surface area contributed by atoms with Gasteiger partial charge in [0.15, 0.2) is 0 Å². The Morgan fingerprint density at radius 3 is 2.65 bits per heavy atom. The molecular weight excluding hydrogens is 246 g/mol. The summed E-state index contributed by atoms with van der Waals surface area (Å²) in [7, 11) is 1.72. The molecule has 2 aromatic carbocycles. The Bertz CT molecular complexity index is 648. The molecule has 0 heterocycles. The van der Waals surface area contributed by atoms with Crippen molar-refractivity contribution in [2.75, 3.05) is 7.11 Å². The van der Waals surface area contributed by atoms with Gasteiger partial charge in [0.2, 0.25) is 0 Å². The van der Waals surface area contributed by atoms with E-state index in [0.717, 1.165) is 17.7 Å². The third kappa shape index (κ3) is 2.01. The highest BCUT2D eigenvalue weighted by atomic mass is 16.5. The van der Waals surface area contributed by atoms with Crippen LogP contribution in [0.1, 0.15) is 39.8 Å². The highest BCUT2D eigenvalue weighted by molar-refractivity contribution is 5.49. The van der Waals surface area contributed by atoms with Gasteiger partial charge in [-0.1, -0.05) is 30.3 Å². The summed E-state index contributed by atoms with van der Waals surface area (Å²) in [5.74, 6) is 1.32. The SMILES string of the molecule is COc1cc(C)cc(C)c1C(N)C1Cc2ccccc21. The molecule has 0 fully saturated rings. The van der Waals surface area contributed by atoms with E-state index in [-0.39, 0.29) is 6.04 Å². The second kappa shape index (κ2) is 4.95. The minimum atomic E-state index is 0.000417. The number of fused-ring (bicyclic) bond motifs is 1. The molecule has 20 heavy (non-hydrogen) atoms. The van der Waals surface area contributed by atoms with Gasteiger partial charge < -0.3 is 10.5 Å². The van der Waals surface area contributed by atoms with Crippen molar-refractivity contribution in [3.8, 4) is 5.75 Å². The maximum absolute atomic E-state index is 6.56. The van der Waals surface area contributed by atoms with E-state index in [1.165, 1.54) is 22.3 Å². The van der Waals surface area contributed by atoms with Gasteiger partial charge in [-0.15, -0.1) is 0 Å². The summed E-state index contributed by atoms with van der Waals surface area (Å²) in [6.07, 6.45) is 1.06. The number of benzene rings is 2. The average Bonchev–Trinajstić information content (AvgIpc) is 2.39. The van der Waals surface area contributed by atoms with E-state index in [0.29, 0.717) is 5.92 Å². The van der Waals surface area contributed by atoms with Crippen LogP contribution in [0.25, 0.3) is 0 Å². The Labute approximate surface area is 120 Å². The van der Waals surface area contributed by atoms with Crippen LogP contribution in [0.4, 0.5) is 0 Å². The van der Waals surface area contributed by atoms with E-state index in [9.17, 15) is 0 Å². The van der Waals surface area contributed by atoms with Crippen LogP contribution in [0.3, 0.4) is 0 Å². The normalized spacial score (nSPS) is 18.1. The first-order chi connectivity index (χ1) is 9.61. The third-order valence-corrected chi connectivity index (χ3v) is 4.37. The predicted molar refractivity (Wildman–Crippen MR) is 82.3 cm³/mol. The Morgan fingerprint density at radius 1 is 1.20 bits per heavy atom. The lowest BCUT2D eigenvalue weighted by Crippen LogP contribution is -2.29. The van der Waals surface area contributed by atoms with Crippen molar-refractivity contribution in [1.82, 2.24) is 0 Å². The van der Waals surface area contributed by atoms with E-state index in [2.05, 4.69) is 50.2 Å². The second-order valence-corrected chi connectivity index (χ2v) is 5.73. The van der Waals surface area contributed by atoms with E-state index in [1.54, 1.807) is 7.11 Å². The van der Waals surface area contributed by atoms with Gasteiger partial charge in [0.05, 0.1) is 7.11 Å². The molecule has 0 aliphatic heterocycles. The maximum Gasteiger partial charge on any atom is 0.124 e. The summed E-state index contributed by atoms with van der Waals surface area (Å²) in [6, 6.07) is 12.8. The molecule has 104 valence electrons. The molecule has 3 rings (SSSR count). The number of hydrogen-bond donors (Lipinski definition) is 1. The van der Waals surface area contributed by atoms with Crippen LogP contribution >= 0.6 is 0 Å². The van der Waals surface area contributed by atoms with Crippen LogP contribution in [-0.4, -0.2) is 7.11 Å². The van der Waals surface area contributed by atoms with E-state index in [4.69, 9.17) is 10.5 Å². The maximum atomic E-state index is 6.56. The van der Waals surface area contributed by atoms with Crippen molar-refractivity contribution in [3.63, 3.8) is 0 Å². The van der Waals surface area contributed by atoms with E-state index >= 15 is 0 Å². The van der Waals surface area contributed by atoms with Gasteiger partial charge in [-0.2, -0.15) is 0 Å². The van der Waals surface area contributed by atoms with Gasteiger partial charge in [0.25, 0.3) is 0 Å². The molecule has 2 nitrogen and oxygen atoms in total. The molecule has 0 amide bonds. The van der Waals surface area contributed by atoms with Crippen LogP contribution in [0.2, 0.25) is 0 Å². The summed E-state index contributed by atoms with van der Waals surface area (Å²) < 4.78 is 5.55. The Hall–Kier alpha value is -1.80. The van der Waals surface area contributed by atoms with Crippen LogP contribution in [0, 0.1) is 13.8 Å². The predicted octanol–water partition coefficient (Wildman–Crippen LogP) is 3.65. The Balaban J connectivity index is 1.99. The number of ether oxygens (including phenoxy) is 1. The van der Waals surface area contributed by atoms with Gasteiger partial charge in [0, 0.05) is 17.5 Å². The fourth-order valence-electron chi connectivity index (χ4n) is 3.36. The van der Waals surface area contributed by atoms with Gasteiger partial charge >= 0.3 is 0 Å². The molecule has 0 saturated heterocycles. The van der Waals surface area contributed by atoms with Crippen molar-refractivity contribution < 1.29 is 4.74 Å². The Morgan fingerprint density at radius 2 is 1.95 bits per heavy atom. The zero-order chi connectivity index (χ0) is 14.3. The molecule has 0 bridgehead atoms. The van der Waals surface area contributed by atoms with Crippen molar-refractivity contribution in [2.24, 2.45) is 5.73 Å². The lowest BCUT2D eigenvalue weighted by molar-refractivity contribution is 0.395. The second-order valence-electron chi connectivity index (χ2n) is 5.73. The quantitative estimate of drug-likeness (QED) is 0.921. The number of nitrogens with two attached hydrogens (primary N) is 1. The van der Waals surface area contributed by atoms with E-state index in [1.807, 2.05) is 0 Å². The lowest BCUT2D eigenvalue weighted by atomic mass is 9.71. The van der Waals surface area contributed by atoms with Gasteiger partial charge in [-0.25, -0.2) is 0 Å². The fourth-order valence-corrected chi connectivity index (χ4v) is 3.36. The van der Waals surface area contributed by atoms with Crippen molar-refractivity contribution >= 4 is 0 Å². The molecule has 0 aromatic heterocycles. The summed E-state index contributed by atoms with van der Waals surface area (Å²) in [6.45, 7) is 4.21. The van der Waals surface area contributed by atoms with E-state index < -0.39 is 0 Å². The first-order valence-corrected chi connectivity index (χ1v) is 7.10. The minimum absolute atomic E-state index is 0.000417. The molecule has 2 unspecified atom stereocenters. The zero-order valence-corrected chi connectivity index (χ0v) is 12.3. The first kappa shape index (κ1) is 13.2. The average molecular weight is 267 g/mol. The van der Waals surface area contributed by atoms with Gasteiger partial charge in [-0.3, -0.25) is 0 Å². The molecule has 1 aliphatic carbocycles. The molecule has 0 spiro atoms. The summed E-state index contributed by atoms with van der Waals surface area (Å²) in [5, 5.41) is 0. The molecule has 2 heteroatoms. The molecule has 2 N–H and O–H groups in total. The van der Waals surface area contributed by atoms with Crippen molar-refractivity contribution in [2.45, 2.75) is 32.2 Å². The molecular formula is C18H21NO. The molecule has 1 aliphatic rings. The number of aryl methyl sites for hydroxylation is 2. The Kier molecular flexibility index (Phi) is 3.27. The van der Waals surface area contributed by atoms with Crippen LogP contribution in [0.15, 0.2) is 36.4 Å². The molecule has 0 saturated carbocycles. The molecule has 2 aromatic rings. The monoisotopic (exact) mass is 267 g/mol. The standard InChI is InChI=1S/C18H21NO/c1-11-8-12(2)17(16(9-11)20-3)18(19)15-10-13-6-4-5-7-14(13)15/h4-9,15,18H,10,19H2,1-3H3. The smallest absolute Gasteiger partial charge is 0.124 e. The highest BCUT2D eigenvalue weighted by Gasteiger charge is 2.33. The highest BCUT2D eigenvalue weighted by Crippen LogP contribution is 2.45. The third-order valence-electron chi connectivity index (χ3n) is 4.37. The number of methoxy groups -OCH3 is 1. The zero-order valence-electron chi connectivity index (χ0n) is 12.3. The number of rotatable bonds is 3.